The Balaban J connectivity index is 2.60. The second-order valence-electron chi connectivity index (χ2n) is 4.86. The molecule has 1 unspecified atom stereocenters. The second-order valence-corrected chi connectivity index (χ2v) is 4.86. The van der Waals surface area contributed by atoms with Gasteiger partial charge >= 0.3 is 12.0 Å². The Bertz CT molecular complexity index is 457. The third kappa shape index (κ3) is 4.57. The zero-order valence-electron chi connectivity index (χ0n) is 12.2. The van der Waals surface area contributed by atoms with Gasteiger partial charge in [-0.25, -0.2) is 9.59 Å². The van der Waals surface area contributed by atoms with Crippen LogP contribution in [0.4, 0.5) is 10.5 Å². The number of nitrogens with zero attached hydrogens (tertiary/aromatic N) is 1. The van der Waals surface area contributed by atoms with Crippen molar-refractivity contribution >= 4 is 17.7 Å². The summed E-state index contributed by atoms with van der Waals surface area (Å²) in [5, 5.41) is 11.5. The van der Waals surface area contributed by atoms with Gasteiger partial charge in [0.1, 0.15) is 6.04 Å². The molecule has 0 aliphatic carbocycles. The number of carboxylic acids is 1. The summed E-state index contributed by atoms with van der Waals surface area (Å²) in [5.74, 6) is -1.03. The first-order valence-electron chi connectivity index (χ1n) is 6.81. The van der Waals surface area contributed by atoms with E-state index in [-0.39, 0.29) is 0 Å². The van der Waals surface area contributed by atoms with E-state index in [0.717, 1.165) is 24.2 Å². The molecule has 5 nitrogen and oxygen atoms in total. The number of carboxylic acid groups (broad SMARTS) is 1. The number of carbonyl (C=O) groups is 2. The van der Waals surface area contributed by atoms with E-state index in [4.69, 9.17) is 5.11 Å². The van der Waals surface area contributed by atoms with Gasteiger partial charge in [-0.05, 0) is 37.5 Å². The number of likely N-dealkylation sites (N-methyl/N-ethyl adjacent to an activating group) is 1. The Labute approximate surface area is 119 Å². The number of aryl methyl sites for hydroxylation is 1. The number of nitrogens with one attached hydrogen (secondary N) is 1. The molecule has 2 N–H and O–H groups in total. The monoisotopic (exact) mass is 278 g/mol. The van der Waals surface area contributed by atoms with Crippen LogP contribution < -0.4 is 5.32 Å². The minimum absolute atomic E-state index is 0.429. The van der Waals surface area contributed by atoms with Crippen molar-refractivity contribution in [2.45, 2.75) is 39.2 Å². The van der Waals surface area contributed by atoms with Gasteiger partial charge in [0.2, 0.25) is 0 Å². The van der Waals surface area contributed by atoms with Crippen LogP contribution in [0, 0.1) is 0 Å². The summed E-state index contributed by atoms with van der Waals surface area (Å²) in [6.07, 6.45) is 3.32. The molecule has 0 aromatic heterocycles. The summed E-state index contributed by atoms with van der Waals surface area (Å²) >= 11 is 0. The highest BCUT2D eigenvalue weighted by atomic mass is 16.4. The van der Waals surface area contributed by atoms with Crippen molar-refractivity contribution in [2.24, 2.45) is 0 Å². The van der Waals surface area contributed by atoms with Crippen molar-refractivity contribution in [1.29, 1.82) is 0 Å². The third-order valence-corrected chi connectivity index (χ3v) is 3.28. The van der Waals surface area contributed by atoms with E-state index in [0.29, 0.717) is 5.69 Å². The molecule has 0 fully saturated rings. The van der Waals surface area contributed by atoms with Crippen LogP contribution >= 0.6 is 0 Å². The summed E-state index contributed by atoms with van der Waals surface area (Å²) < 4.78 is 0. The molecule has 0 aliphatic heterocycles. The Morgan fingerprint density at radius 3 is 2.40 bits per heavy atom. The van der Waals surface area contributed by atoms with Crippen LogP contribution in [0.25, 0.3) is 0 Å². The topological polar surface area (TPSA) is 69.6 Å². The van der Waals surface area contributed by atoms with Crippen LogP contribution in [0.15, 0.2) is 24.3 Å². The smallest absolute Gasteiger partial charge is 0.326 e. The molecule has 0 bridgehead atoms. The molecule has 5 heteroatoms. The molecule has 1 aromatic rings. The van der Waals surface area contributed by atoms with E-state index in [1.165, 1.54) is 19.5 Å². The van der Waals surface area contributed by atoms with Crippen molar-refractivity contribution < 1.29 is 14.7 Å². The Morgan fingerprint density at radius 2 is 1.90 bits per heavy atom. The SMILES string of the molecule is CCCCc1ccc(NC(=O)N(C)C(C)C(=O)O)cc1. The number of carbonyl (C=O) groups excluding carboxylic acids is 1. The number of aliphatic carboxylic acids is 1. The van der Waals surface area contributed by atoms with E-state index in [1.54, 1.807) is 0 Å². The molecule has 0 spiro atoms. The molecule has 110 valence electrons. The van der Waals surface area contributed by atoms with Crippen molar-refractivity contribution in [3.8, 4) is 0 Å². The van der Waals surface area contributed by atoms with Crippen molar-refractivity contribution in [2.75, 3.05) is 12.4 Å². The summed E-state index contributed by atoms with van der Waals surface area (Å²) in [4.78, 5) is 23.8. The lowest BCUT2D eigenvalue weighted by molar-refractivity contribution is -0.141. The van der Waals surface area contributed by atoms with Crippen molar-refractivity contribution in [1.82, 2.24) is 4.90 Å². The Morgan fingerprint density at radius 1 is 1.30 bits per heavy atom. The van der Waals surface area contributed by atoms with Gasteiger partial charge < -0.3 is 15.3 Å². The Kier molecular flexibility index (Phi) is 6.03. The molecule has 0 saturated carbocycles. The zero-order valence-corrected chi connectivity index (χ0v) is 12.2. The standard InChI is InChI=1S/C15H22N2O3/c1-4-5-6-12-7-9-13(10-8-12)16-15(20)17(3)11(2)14(18)19/h7-11H,4-6H2,1-3H3,(H,16,20)(H,18,19). The molecule has 0 radical (unpaired) electrons. The van der Waals surface area contributed by atoms with E-state index < -0.39 is 18.0 Å². The van der Waals surface area contributed by atoms with Gasteiger partial charge in [0.25, 0.3) is 0 Å². The van der Waals surface area contributed by atoms with Crippen LogP contribution in [-0.4, -0.2) is 35.1 Å². The maximum atomic E-state index is 11.9. The quantitative estimate of drug-likeness (QED) is 0.840. The van der Waals surface area contributed by atoms with Crippen LogP contribution in [0.2, 0.25) is 0 Å². The molecule has 1 aromatic carbocycles. The highest BCUT2D eigenvalue weighted by molar-refractivity contribution is 5.91. The zero-order chi connectivity index (χ0) is 15.1. The number of hydrogen-bond donors (Lipinski definition) is 2. The molecule has 1 rings (SSSR count). The molecule has 0 heterocycles. The number of unbranched alkanes of at least 4 members (excludes halogenated alkanes) is 1. The molecule has 0 aliphatic rings. The first kappa shape index (κ1) is 16.0. The summed E-state index contributed by atoms with van der Waals surface area (Å²) in [5.41, 5.74) is 1.90. The molecular weight excluding hydrogens is 256 g/mol. The maximum absolute atomic E-state index is 11.9. The number of hydrogen-bond acceptors (Lipinski definition) is 2. The van der Waals surface area contributed by atoms with E-state index in [2.05, 4.69) is 12.2 Å². The van der Waals surface area contributed by atoms with E-state index >= 15 is 0 Å². The van der Waals surface area contributed by atoms with Gasteiger partial charge in [-0.2, -0.15) is 0 Å². The summed E-state index contributed by atoms with van der Waals surface area (Å²) in [6, 6.07) is 6.34. The van der Waals surface area contributed by atoms with Crippen molar-refractivity contribution in [3.63, 3.8) is 0 Å². The lowest BCUT2D eigenvalue weighted by atomic mass is 10.1. The van der Waals surface area contributed by atoms with Gasteiger partial charge in [-0.15, -0.1) is 0 Å². The van der Waals surface area contributed by atoms with Gasteiger partial charge in [0.05, 0.1) is 0 Å². The minimum Gasteiger partial charge on any atom is -0.480 e. The fourth-order valence-electron chi connectivity index (χ4n) is 1.69. The fraction of sp³-hybridized carbons (Fsp3) is 0.467. The second kappa shape index (κ2) is 7.53. The predicted octanol–water partition coefficient (Wildman–Crippen LogP) is 2.97. The minimum atomic E-state index is -1.03. The lowest BCUT2D eigenvalue weighted by Gasteiger charge is -2.21. The number of benzene rings is 1. The first-order chi connectivity index (χ1) is 9.45. The Hall–Kier alpha value is -2.04. The molecular formula is C15H22N2O3. The number of urea groups is 1. The van der Waals surface area contributed by atoms with Gasteiger partial charge in [0.15, 0.2) is 0 Å². The van der Waals surface area contributed by atoms with Crippen LogP contribution in [0.1, 0.15) is 32.3 Å². The molecule has 2 amide bonds. The predicted molar refractivity (Wildman–Crippen MR) is 78.9 cm³/mol. The highest BCUT2D eigenvalue weighted by Crippen LogP contribution is 2.12. The van der Waals surface area contributed by atoms with Gasteiger partial charge in [-0.3, -0.25) is 0 Å². The summed E-state index contributed by atoms with van der Waals surface area (Å²) in [7, 11) is 1.46. The number of amides is 2. The third-order valence-electron chi connectivity index (χ3n) is 3.28. The van der Waals surface area contributed by atoms with Crippen molar-refractivity contribution in [3.05, 3.63) is 29.8 Å². The first-order valence-corrected chi connectivity index (χ1v) is 6.81. The summed E-state index contributed by atoms with van der Waals surface area (Å²) in [6.45, 7) is 3.61. The average molecular weight is 278 g/mol. The van der Waals surface area contributed by atoms with E-state index in [1.807, 2.05) is 24.3 Å². The number of rotatable bonds is 6. The highest BCUT2D eigenvalue weighted by Gasteiger charge is 2.21. The largest absolute Gasteiger partial charge is 0.480 e. The molecule has 0 saturated heterocycles. The normalized spacial score (nSPS) is 11.8. The molecule has 20 heavy (non-hydrogen) atoms. The van der Waals surface area contributed by atoms with E-state index in [9.17, 15) is 9.59 Å². The number of anilines is 1. The maximum Gasteiger partial charge on any atom is 0.326 e. The average Bonchev–Trinajstić information content (AvgIpc) is 2.44. The van der Waals surface area contributed by atoms with Gasteiger partial charge in [0, 0.05) is 12.7 Å². The van der Waals surface area contributed by atoms with Crippen LogP contribution in [-0.2, 0) is 11.2 Å². The fourth-order valence-corrected chi connectivity index (χ4v) is 1.69. The van der Waals surface area contributed by atoms with Gasteiger partial charge in [-0.1, -0.05) is 25.5 Å². The van der Waals surface area contributed by atoms with Crippen LogP contribution in [0.3, 0.4) is 0 Å². The lowest BCUT2D eigenvalue weighted by Crippen LogP contribution is -2.42. The van der Waals surface area contributed by atoms with Crippen LogP contribution in [0.5, 0.6) is 0 Å². The molecule has 1 atom stereocenters.